The second-order valence-corrected chi connectivity index (χ2v) is 5.74. The van der Waals surface area contributed by atoms with Crippen molar-refractivity contribution in [3.63, 3.8) is 0 Å². The van der Waals surface area contributed by atoms with Gasteiger partial charge in [-0.3, -0.25) is 0 Å². The minimum absolute atomic E-state index is 0.698. The fraction of sp³-hybridized carbons (Fsp3) is 0.429. The Labute approximate surface area is 91.9 Å². The van der Waals surface area contributed by atoms with E-state index in [2.05, 4.69) is 0 Å². The zero-order chi connectivity index (χ0) is 10.2. The van der Waals surface area contributed by atoms with Crippen LogP contribution in [-0.2, 0) is 9.05 Å². The molecule has 0 aliphatic rings. The maximum Gasteiger partial charge on any atom is 0.254 e. The molecular formula is C7H10Cl2O2S2. The molecule has 0 bridgehead atoms. The molecular weight excluding hydrogens is 251 g/mol. The van der Waals surface area contributed by atoms with Crippen molar-refractivity contribution in [3.8, 4) is 0 Å². The Morgan fingerprint density at radius 2 is 1.85 bits per heavy atom. The largest absolute Gasteiger partial charge is 0.254 e. The maximum atomic E-state index is 10.4. The fourth-order valence-electron chi connectivity index (χ4n) is 0.641. The van der Waals surface area contributed by atoms with Crippen molar-refractivity contribution in [1.82, 2.24) is 0 Å². The van der Waals surface area contributed by atoms with Crippen LogP contribution in [-0.4, -0.2) is 8.42 Å². The van der Waals surface area contributed by atoms with Crippen LogP contribution in [0.1, 0.15) is 19.3 Å². The topological polar surface area (TPSA) is 34.1 Å². The van der Waals surface area contributed by atoms with Crippen molar-refractivity contribution in [1.29, 1.82) is 0 Å². The van der Waals surface area contributed by atoms with Crippen molar-refractivity contribution < 1.29 is 8.42 Å². The molecule has 0 aromatic heterocycles. The van der Waals surface area contributed by atoms with Gasteiger partial charge in [0.2, 0.25) is 0 Å². The average molecular weight is 261 g/mol. The third-order valence-electron chi connectivity index (χ3n) is 1.15. The molecule has 0 radical (unpaired) electrons. The summed E-state index contributed by atoms with van der Waals surface area (Å²) in [5.41, 5.74) is 0. The van der Waals surface area contributed by atoms with Crippen LogP contribution < -0.4 is 0 Å². The molecule has 0 aliphatic carbocycles. The molecule has 0 aromatic carbocycles. The van der Waals surface area contributed by atoms with Gasteiger partial charge in [-0.25, -0.2) is 8.42 Å². The highest BCUT2D eigenvalue weighted by Gasteiger charge is 1.94. The van der Waals surface area contributed by atoms with Gasteiger partial charge in [0.05, 0.1) is 0 Å². The quantitative estimate of drug-likeness (QED) is 0.540. The smallest absolute Gasteiger partial charge is 0.208 e. The van der Waals surface area contributed by atoms with Gasteiger partial charge >= 0.3 is 0 Å². The van der Waals surface area contributed by atoms with E-state index in [1.54, 1.807) is 11.5 Å². The number of allylic oxidation sites excluding steroid dienone is 2. The van der Waals surface area contributed by atoms with Crippen LogP contribution in [0.5, 0.6) is 0 Å². The Hall–Kier alpha value is 0.360. The van der Waals surface area contributed by atoms with Gasteiger partial charge < -0.3 is 0 Å². The van der Waals surface area contributed by atoms with Crippen LogP contribution in [0, 0.1) is 0 Å². The Balaban J connectivity index is 3.47. The first-order valence-electron chi connectivity index (χ1n) is 3.60. The second-order valence-electron chi connectivity index (χ2n) is 2.24. The zero-order valence-electron chi connectivity index (χ0n) is 6.82. The summed E-state index contributed by atoms with van der Waals surface area (Å²) >= 11 is 0. The molecule has 0 atom stereocenters. The number of unbranched alkanes of at least 4 members (excludes halogenated alkanes) is 2. The van der Waals surface area contributed by atoms with Crippen LogP contribution in [0.4, 0.5) is 0 Å². The zero-order valence-corrected chi connectivity index (χ0v) is 9.96. The Bertz CT molecular complexity index is 270. The van der Waals surface area contributed by atoms with Gasteiger partial charge in [0.1, 0.15) is 0 Å². The van der Waals surface area contributed by atoms with Crippen LogP contribution in [0.3, 0.4) is 0 Å². The van der Waals surface area contributed by atoms with Crippen LogP contribution in [0.15, 0.2) is 23.0 Å². The number of hydrogen-bond donors (Lipinski definition) is 0. The summed E-state index contributed by atoms with van der Waals surface area (Å²) in [4.78, 5) is 0. The van der Waals surface area contributed by atoms with Crippen LogP contribution in [0.25, 0.3) is 0 Å². The molecule has 0 saturated carbocycles. The Kier molecular flexibility index (Phi) is 7.95. The first kappa shape index (κ1) is 13.4. The first-order chi connectivity index (χ1) is 6.06. The van der Waals surface area contributed by atoms with Gasteiger partial charge in [-0.2, -0.15) is 0 Å². The monoisotopic (exact) mass is 260 g/mol. The molecule has 6 heteroatoms. The highest BCUT2D eigenvalue weighted by atomic mass is 35.7. The average Bonchev–Trinajstić information content (AvgIpc) is 2.01. The van der Waals surface area contributed by atoms with E-state index in [0.717, 1.165) is 29.2 Å². The summed E-state index contributed by atoms with van der Waals surface area (Å²) < 4.78 is 20.8. The van der Waals surface area contributed by atoms with Gasteiger partial charge in [-0.1, -0.05) is 12.2 Å². The van der Waals surface area contributed by atoms with E-state index in [0.29, 0.717) is 6.42 Å². The predicted octanol–water partition coefficient (Wildman–Crippen LogP) is 3.64. The highest BCUT2D eigenvalue weighted by Crippen LogP contribution is 2.09. The maximum absolute atomic E-state index is 10.4. The second kappa shape index (κ2) is 7.74. The number of rotatable bonds is 6. The lowest BCUT2D eigenvalue weighted by atomic mass is 10.2. The summed E-state index contributed by atoms with van der Waals surface area (Å²) in [6, 6.07) is 0. The SMILES string of the molecule is O=S(=O)(Cl)C=CCCCC=CSCl. The van der Waals surface area contributed by atoms with E-state index < -0.39 is 9.05 Å². The molecule has 0 unspecified atom stereocenters. The molecule has 13 heavy (non-hydrogen) atoms. The van der Waals surface area contributed by atoms with E-state index >= 15 is 0 Å². The number of hydrogen-bond acceptors (Lipinski definition) is 3. The lowest BCUT2D eigenvalue weighted by molar-refractivity contribution is 0.617. The fourth-order valence-corrected chi connectivity index (χ4v) is 1.65. The summed E-state index contributed by atoms with van der Waals surface area (Å²) in [7, 11) is 7.92. The van der Waals surface area contributed by atoms with Crippen LogP contribution in [0.2, 0.25) is 0 Å². The van der Waals surface area contributed by atoms with Crippen molar-refractivity contribution in [2.45, 2.75) is 19.3 Å². The van der Waals surface area contributed by atoms with E-state index in [-0.39, 0.29) is 0 Å². The van der Waals surface area contributed by atoms with Crippen LogP contribution >= 0.6 is 32.3 Å². The van der Waals surface area contributed by atoms with E-state index in [1.165, 1.54) is 0 Å². The molecule has 0 heterocycles. The lowest BCUT2D eigenvalue weighted by Gasteiger charge is -1.88. The molecule has 76 valence electrons. The molecule has 0 saturated heterocycles. The molecule has 0 fully saturated rings. The van der Waals surface area contributed by atoms with Crippen molar-refractivity contribution in [2.75, 3.05) is 0 Å². The minimum atomic E-state index is -3.47. The third-order valence-corrected chi connectivity index (χ3v) is 2.58. The minimum Gasteiger partial charge on any atom is -0.208 e. The van der Waals surface area contributed by atoms with E-state index in [9.17, 15) is 8.42 Å². The van der Waals surface area contributed by atoms with Gasteiger partial charge in [-0.05, 0) is 46.3 Å². The highest BCUT2D eigenvalue weighted by molar-refractivity contribution is 8.23. The molecule has 0 aromatic rings. The molecule has 2 nitrogen and oxygen atoms in total. The summed E-state index contributed by atoms with van der Waals surface area (Å²) in [6.45, 7) is 0. The molecule has 0 rings (SSSR count). The predicted molar refractivity (Wildman–Crippen MR) is 60.3 cm³/mol. The van der Waals surface area contributed by atoms with Gasteiger partial charge in [-0.15, -0.1) is 0 Å². The summed E-state index contributed by atoms with van der Waals surface area (Å²) in [5.74, 6) is 0. The van der Waals surface area contributed by atoms with Crippen molar-refractivity contribution >= 4 is 41.4 Å². The van der Waals surface area contributed by atoms with Crippen molar-refractivity contribution in [3.05, 3.63) is 23.0 Å². The van der Waals surface area contributed by atoms with E-state index in [1.807, 2.05) is 6.08 Å². The standard InChI is InChI=1S/C7H10Cl2O2S2/c8-12-6-4-2-1-3-5-7-13(9,10)11/h4-7H,1-3H2. The molecule has 0 aliphatic heterocycles. The lowest BCUT2D eigenvalue weighted by Crippen LogP contribution is -1.79. The normalized spacial score (nSPS) is 13.1. The number of halogens is 2. The van der Waals surface area contributed by atoms with E-state index in [4.69, 9.17) is 21.4 Å². The summed E-state index contributed by atoms with van der Waals surface area (Å²) in [5, 5.41) is 2.79. The third kappa shape index (κ3) is 12.4. The molecule has 0 amide bonds. The van der Waals surface area contributed by atoms with Gasteiger partial charge in [0, 0.05) is 16.1 Å². The Morgan fingerprint density at radius 3 is 2.38 bits per heavy atom. The Morgan fingerprint density at radius 1 is 1.23 bits per heavy atom. The molecule has 0 spiro atoms. The van der Waals surface area contributed by atoms with Gasteiger partial charge in [0.25, 0.3) is 9.05 Å². The van der Waals surface area contributed by atoms with Crippen molar-refractivity contribution in [2.24, 2.45) is 0 Å². The van der Waals surface area contributed by atoms with Gasteiger partial charge in [0.15, 0.2) is 0 Å². The summed E-state index contributed by atoms with van der Waals surface area (Å²) in [6.07, 6.45) is 5.94. The molecule has 0 N–H and O–H groups in total. The first-order valence-corrected chi connectivity index (χ1v) is 7.67.